The minimum atomic E-state index is -0.935. The van der Waals surface area contributed by atoms with Crippen molar-refractivity contribution in [2.45, 2.75) is 58.0 Å². The summed E-state index contributed by atoms with van der Waals surface area (Å²) in [7, 11) is 0. The van der Waals surface area contributed by atoms with Crippen molar-refractivity contribution in [3.8, 4) is 0 Å². The van der Waals surface area contributed by atoms with Crippen LogP contribution in [0.4, 0.5) is 4.79 Å². The van der Waals surface area contributed by atoms with Gasteiger partial charge in [-0.15, -0.1) is 0 Å². The van der Waals surface area contributed by atoms with Gasteiger partial charge in [-0.1, -0.05) is 91.0 Å². The molecule has 4 rings (SSSR count). The second-order valence-electron chi connectivity index (χ2n) is 10.4. The van der Waals surface area contributed by atoms with Crippen LogP contribution in [0.5, 0.6) is 0 Å². The lowest BCUT2D eigenvalue weighted by atomic mass is 9.96. The Kier molecular flexibility index (Phi) is 8.59. The highest BCUT2D eigenvalue weighted by molar-refractivity contribution is 5.72. The molecule has 192 valence electrons. The van der Waals surface area contributed by atoms with Crippen LogP contribution in [0, 0.1) is 0 Å². The van der Waals surface area contributed by atoms with Crippen molar-refractivity contribution in [2.75, 3.05) is 0 Å². The Bertz CT molecular complexity index is 1210. The lowest BCUT2D eigenvalue weighted by Crippen LogP contribution is -2.41. The van der Waals surface area contributed by atoms with Gasteiger partial charge < -0.3 is 9.84 Å². The molecule has 3 aromatic carbocycles. The SMILES string of the molecule is CC(C)(C)OC(=O)n1cccc1C(O)C(Cc1ccccc1)N(Cc1ccccc1)Cc1ccccc1. The number of nitrogens with zero attached hydrogens (tertiary/aromatic N) is 2. The summed E-state index contributed by atoms with van der Waals surface area (Å²) < 4.78 is 7.05. The van der Waals surface area contributed by atoms with Crippen LogP contribution < -0.4 is 0 Å². The van der Waals surface area contributed by atoms with Gasteiger partial charge in [-0.3, -0.25) is 9.47 Å². The average Bonchev–Trinajstić information content (AvgIpc) is 3.38. The number of aromatic nitrogens is 1. The predicted octanol–water partition coefficient (Wildman–Crippen LogP) is 6.62. The molecule has 0 radical (unpaired) electrons. The molecular weight excluding hydrogens is 460 g/mol. The number of carbonyl (C=O) groups is 1. The molecule has 0 saturated carbocycles. The molecule has 2 atom stereocenters. The zero-order chi connectivity index (χ0) is 26.3. The number of carbonyl (C=O) groups excluding carboxylic acids is 1. The Morgan fingerprint density at radius 2 is 1.27 bits per heavy atom. The van der Waals surface area contributed by atoms with Crippen LogP contribution in [0.3, 0.4) is 0 Å². The molecule has 0 aliphatic rings. The molecule has 0 bridgehead atoms. The van der Waals surface area contributed by atoms with Gasteiger partial charge in [0.25, 0.3) is 0 Å². The van der Waals surface area contributed by atoms with E-state index in [0.29, 0.717) is 25.2 Å². The summed E-state index contributed by atoms with van der Waals surface area (Å²) in [5.74, 6) is 0. The van der Waals surface area contributed by atoms with Gasteiger partial charge in [-0.05, 0) is 56.0 Å². The fraction of sp³-hybridized carbons (Fsp3) is 0.281. The van der Waals surface area contributed by atoms with Crippen molar-refractivity contribution in [1.82, 2.24) is 9.47 Å². The third-order valence-electron chi connectivity index (χ3n) is 6.25. The fourth-order valence-electron chi connectivity index (χ4n) is 4.53. The lowest BCUT2D eigenvalue weighted by molar-refractivity contribution is 0.0281. The normalized spacial score (nSPS) is 13.3. The van der Waals surface area contributed by atoms with Crippen molar-refractivity contribution in [3.63, 3.8) is 0 Å². The Labute approximate surface area is 220 Å². The van der Waals surface area contributed by atoms with E-state index in [1.807, 2.05) is 75.4 Å². The molecule has 4 aromatic rings. The van der Waals surface area contributed by atoms with Crippen LogP contribution in [-0.4, -0.2) is 32.3 Å². The van der Waals surface area contributed by atoms with Gasteiger partial charge in [0, 0.05) is 25.3 Å². The van der Waals surface area contributed by atoms with Crippen molar-refractivity contribution in [3.05, 3.63) is 132 Å². The third-order valence-corrected chi connectivity index (χ3v) is 6.25. The van der Waals surface area contributed by atoms with Gasteiger partial charge in [0.15, 0.2) is 0 Å². The van der Waals surface area contributed by atoms with Crippen LogP contribution in [0.1, 0.15) is 49.3 Å². The molecule has 2 unspecified atom stereocenters. The lowest BCUT2D eigenvalue weighted by Gasteiger charge is -2.36. The first kappa shape index (κ1) is 26.4. The molecule has 5 nitrogen and oxygen atoms in total. The minimum absolute atomic E-state index is 0.307. The maximum absolute atomic E-state index is 13.0. The van der Waals surface area contributed by atoms with Crippen molar-refractivity contribution < 1.29 is 14.6 Å². The summed E-state index contributed by atoms with van der Waals surface area (Å²) in [4.78, 5) is 15.3. The molecule has 0 aliphatic carbocycles. The number of aliphatic hydroxyl groups is 1. The van der Waals surface area contributed by atoms with E-state index in [1.165, 1.54) is 4.57 Å². The standard InChI is InChI=1S/C32H36N2O3/c1-32(2,3)37-31(36)34-21-13-20-28(34)30(35)29(22-25-14-7-4-8-15-25)33(23-26-16-9-5-10-17-26)24-27-18-11-6-12-19-27/h4-21,29-30,35H,22-24H2,1-3H3. The first-order valence-electron chi connectivity index (χ1n) is 12.7. The second-order valence-corrected chi connectivity index (χ2v) is 10.4. The van der Waals surface area contributed by atoms with E-state index in [2.05, 4.69) is 41.3 Å². The quantitative estimate of drug-likeness (QED) is 0.283. The van der Waals surface area contributed by atoms with E-state index >= 15 is 0 Å². The minimum Gasteiger partial charge on any atom is -0.443 e. The predicted molar refractivity (Wildman–Crippen MR) is 147 cm³/mol. The third kappa shape index (κ3) is 7.42. The zero-order valence-corrected chi connectivity index (χ0v) is 21.8. The van der Waals surface area contributed by atoms with E-state index in [-0.39, 0.29) is 6.04 Å². The highest BCUT2D eigenvalue weighted by Crippen LogP contribution is 2.28. The van der Waals surface area contributed by atoms with Crippen LogP contribution in [-0.2, 0) is 24.2 Å². The maximum Gasteiger partial charge on any atom is 0.418 e. The summed E-state index contributed by atoms with van der Waals surface area (Å²) in [6, 6.07) is 34.0. The molecule has 5 heteroatoms. The van der Waals surface area contributed by atoms with Crippen LogP contribution >= 0.6 is 0 Å². The highest BCUT2D eigenvalue weighted by Gasteiger charge is 2.31. The summed E-state index contributed by atoms with van der Waals surface area (Å²) in [6.07, 6.45) is 0.837. The number of benzene rings is 3. The number of hydrogen-bond donors (Lipinski definition) is 1. The van der Waals surface area contributed by atoms with Crippen molar-refractivity contribution in [1.29, 1.82) is 0 Å². The van der Waals surface area contributed by atoms with E-state index in [1.54, 1.807) is 18.3 Å². The summed E-state index contributed by atoms with van der Waals surface area (Å²) in [5.41, 5.74) is 3.31. The molecule has 0 spiro atoms. The number of rotatable bonds is 9. The van der Waals surface area contributed by atoms with E-state index in [0.717, 1.165) is 16.7 Å². The molecule has 0 fully saturated rings. The first-order chi connectivity index (χ1) is 17.8. The van der Waals surface area contributed by atoms with Crippen LogP contribution in [0.15, 0.2) is 109 Å². The topological polar surface area (TPSA) is 54.7 Å². The van der Waals surface area contributed by atoms with Gasteiger partial charge in [0.1, 0.15) is 11.7 Å². The molecule has 37 heavy (non-hydrogen) atoms. The Morgan fingerprint density at radius 1 is 0.784 bits per heavy atom. The molecule has 0 aliphatic heterocycles. The van der Waals surface area contributed by atoms with Gasteiger partial charge >= 0.3 is 6.09 Å². The van der Waals surface area contributed by atoms with Crippen LogP contribution in [0.25, 0.3) is 0 Å². The number of aliphatic hydroxyl groups excluding tert-OH is 1. The van der Waals surface area contributed by atoms with E-state index in [4.69, 9.17) is 4.74 Å². The summed E-state index contributed by atoms with van der Waals surface area (Å²) in [6.45, 7) is 6.81. The molecule has 0 saturated heterocycles. The molecule has 1 N–H and O–H groups in total. The van der Waals surface area contributed by atoms with E-state index < -0.39 is 17.8 Å². The highest BCUT2D eigenvalue weighted by atomic mass is 16.6. The second kappa shape index (κ2) is 12.0. The Balaban J connectivity index is 1.72. The molecule has 0 amide bonds. The summed E-state index contributed by atoms with van der Waals surface area (Å²) in [5, 5.41) is 11.9. The molecule has 1 aromatic heterocycles. The van der Waals surface area contributed by atoms with Crippen molar-refractivity contribution in [2.24, 2.45) is 0 Å². The smallest absolute Gasteiger partial charge is 0.418 e. The molecular formula is C32H36N2O3. The van der Waals surface area contributed by atoms with Gasteiger partial charge in [-0.2, -0.15) is 0 Å². The maximum atomic E-state index is 13.0. The van der Waals surface area contributed by atoms with Crippen molar-refractivity contribution >= 4 is 6.09 Å². The number of hydrogen-bond acceptors (Lipinski definition) is 4. The number of ether oxygens (including phenoxy) is 1. The zero-order valence-electron chi connectivity index (χ0n) is 21.8. The van der Waals surface area contributed by atoms with Crippen LogP contribution in [0.2, 0.25) is 0 Å². The Morgan fingerprint density at radius 3 is 1.76 bits per heavy atom. The summed E-state index contributed by atoms with van der Waals surface area (Å²) >= 11 is 0. The monoisotopic (exact) mass is 496 g/mol. The first-order valence-corrected chi connectivity index (χ1v) is 12.7. The van der Waals surface area contributed by atoms with E-state index in [9.17, 15) is 9.90 Å². The average molecular weight is 497 g/mol. The van der Waals surface area contributed by atoms with Gasteiger partial charge in [-0.25, -0.2) is 4.79 Å². The fourth-order valence-corrected chi connectivity index (χ4v) is 4.53. The largest absolute Gasteiger partial charge is 0.443 e. The molecule has 1 heterocycles. The van der Waals surface area contributed by atoms with Gasteiger partial charge in [0.05, 0.1) is 5.69 Å². The van der Waals surface area contributed by atoms with Gasteiger partial charge in [0.2, 0.25) is 0 Å². The Hall–Kier alpha value is -3.67.